The van der Waals surface area contributed by atoms with Gasteiger partial charge in [0.1, 0.15) is 6.33 Å². The van der Waals surface area contributed by atoms with Gasteiger partial charge in [-0.3, -0.25) is 0 Å². The van der Waals surface area contributed by atoms with E-state index < -0.39 is 11.6 Å². The molecule has 0 amide bonds. The van der Waals surface area contributed by atoms with Gasteiger partial charge in [-0.1, -0.05) is 0 Å². The van der Waals surface area contributed by atoms with Crippen molar-refractivity contribution in [1.29, 1.82) is 0 Å². The van der Waals surface area contributed by atoms with Crippen molar-refractivity contribution < 1.29 is 8.78 Å². The molecular formula is C11H14F2N6. The first kappa shape index (κ1) is 13.2. The maximum absolute atomic E-state index is 13.5. The molecule has 8 heteroatoms. The van der Waals surface area contributed by atoms with Crippen LogP contribution in [0.5, 0.6) is 0 Å². The number of aromatic nitrogens is 4. The van der Waals surface area contributed by atoms with Crippen LogP contribution in [0.3, 0.4) is 0 Å². The van der Waals surface area contributed by atoms with Crippen LogP contribution < -0.4 is 10.6 Å². The van der Waals surface area contributed by atoms with E-state index in [2.05, 4.69) is 25.8 Å². The topological polar surface area (TPSA) is 67.7 Å². The Morgan fingerprint density at radius 1 is 1.26 bits per heavy atom. The second-order valence-corrected chi connectivity index (χ2v) is 3.79. The Morgan fingerprint density at radius 3 is 2.68 bits per heavy atom. The summed E-state index contributed by atoms with van der Waals surface area (Å²) >= 11 is 0. The van der Waals surface area contributed by atoms with Crippen molar-refractivity contribution in [3.05, 3.63) is 29.9 Å². The fourth-order valence-corrected chi connectivity index (χ4v) is 1.61. The summed E-state index contributed by atoms with van der Waals surface area (Å²) in [6, 6.07) is 0.783. The van der Waals surface area contributed by atoms with E-state index in [-0.39, 0.29) is 18.2 Å². The van der Waals surface area contributed by atoms with Crippen molar-refractivity contribution in [1.82, 2.24) is 19.7 Å². The summed E-state index contributed by atoms with van der Waals surface area (Å²) in [6.45, 7) is 2.92. The van der Waals surface area contributed by atoms with Gasteiger partial charge in [0.05, 0.1) is 6.54 Å². The molecule has 0 aliphatic carbocycles. The number of aryl methyl sites for hydroxylation is 1. The molecule has 2 N–H and O–H groups in total. The number of hydrogen-bond donors (Lipinski definition) is 2. The van der Waals surface area contributed by atoms with Crippen LogP contribution in [-0.2, 0) is 13.1 Å². The quantitative estimate of drug-likeness (QED) is 0.862. The molecule has 0 unspecified atom stereocenters. The first-order chi connectivity index (χ1) is 9.15. The number of rotatable bonds is 5. The van der Waals surface area contributed by atoms with Gasteiger partial charge in [0.2, 0.25) is 0 Å². The van der Waals surface area contributed by atoms with Crippen LogP contribution in [-0.4, -0.2) is 26.8 Å². The molecule has 0 aliphatic heterocycles. The van der Waals surface area contributed by atoms with Crippen LogP contribution in [0.1, 0.15) is 12.7 Å². The lowest BCUT2D eigenvalue weighted by atomic mass is 10.4. The Hall–Kier alpha value is -2.25. The predicted octanol–water partition coefficient (Wildman–Crippen LogP) is 1.62. The van der Waals surface area contributed by atoms with Crippen LogP contribution in [0.15, 0.2) is 12.4 Å². The van der Waals surface area contributed by atoms with Crippen molar-refractivity contribution in [2.45, 2.75) is 20.0 Å². The van der Waals surface area contributed by atoms with E-state index in [0.29, 0.717) is 12.4 Å². The molecule has 0 aromatic carbocycles. The Morgan fingerprint density at radius 2 is 2.00 bits per heavy atom. The molecule has 19 heavy (non-hydrogen) atoms. The second-order valence-electron chi connectivity index (χ2n) is 3.79. The summed E-state index contributed by atoms with van der Waals surface area (Å²) in [7, 11) is 1.51. The minimum absolute atomic E-state index is 0.0131. The Labute approximate surface area is 108 Å². The lowest BCUT2D eigenvalue weighted by Gasteiger charge is -2.09. The van der Waals surface area contributed by atoms with Crippen LogP contribution in [0.2, 0.25) is 0 Å². The van der Waals surface area contributed by atoms with Crippen LogP contribution in [0.25, 0.3) is 0 Å². The van der Waals surface area contributed by atoms with Gasteiger partial charge >= 0.3 is 0 Å². The van der Waals surface area contributed by atoms with Crippen LogP contribution >= 0.6 is 0 Å². The summed E-state index contributed by atoms with van der Waals surface area (Å²) in [6.07, 6.45) is 1.59. The normalized spacial score (nSPS) is 10.5. The monoisotopic (exact) mass is 268 g/mol. The number of nitrogens with zero attached hydrogens (tertiary/aromatic N) is 4. The summed E-state index contributed by atoms with van der Waals surface area (Å²) in [5.74, 6) is -0.877. The molecule has 0 saturated carbocycles. The zero-order valence-corrected chi connectivity index (χ0v) is 10.6. The highest BCUT2D eigenvalue weighted by Crippen LogP contribution is 2.18. The Kier molecular flexibility index (Phi) is 3.88. The third-order valence-corrected chi connectivity index (χ3v) is 2.62. The third kappa shape index (κ3) is 2.78. The van der Waals surface area contributed by atoms with Crippen molar-refractivity contribution >= 4 is 11.6 Å². The summed E-state index contributed by atoms with van der Waals surface area (Å²) in [4.78, 5) is 3.82. The largest absolute Gasteiger partial charge is 0.371 e. The van der Waals surface area contributed by atoms with E-state index in [0.717, 1.165) is 6.07 Å². The van der Waals surface area contributed by atoms with Crippen LogP contribution in [0, 0.1) is 11.6 Å². The summed E-state index contributed by atoms with van der Waals surface area (Å²) in [5, 5.41) is 13.0. The zero-order valence-electron chi connectivity index (χ0n) is 10.6. The van der Waals surface area contributed by atoms with E-state index >= 15 is 0 Å². The highest BCUT2D eigenvalue weighted by molar-refractivity contribution is 5.47. The molecule has 0 atom stereocenters. The molecule has 0 fully saturated rings. The van der Waals surface area contributed by atoms with Crippen molar-refractivity contribution in [3.63, 3.8) is 0 Å². The van der Waals surface area contributed by atoms with Crippen LogP contribution in [0.4, 0.5) is 20.4 Å². The zero-order chi connectivity index (χ0) is 13.8. The molecule has 6 nitrogen and oxygen atoms in total. The predicted molar refractivity (Wildman–Crippen MR) is 66.7 cm³/mol. The molecule has 0 saturated heterocycles. The fraction of sp³-hybridized carbons (Fsp3) is 0.364. The molecule has 0 radical (unpaired) electrons. The number of halogens is 2. The van der Waals surface area contributed by atoms with E-state index in [1.54, 1.807) is 6.33 Å². The molecule has 0 bridgehead atoms. The summed E-state index contributed by atoms with van der Waals surface area (Å²) in [5.41, 5.74) is 0. The number of pyridine rings is 1. The van der Waals surface area contributed by atoms with Gasteiger partial charge in [0.25, 0.3) is 0 Å². The Balaban J connectivity index is 2.15. The number of nitrogens with one attached hydrogen (secondary N) is 2. The van der Waals surface area contributed by atoms with E-state index in [1.165, 1.54) is 7.05 Å². The minimum atomic E-state index is -0.751. The van der Waals surface area contributed by atoms with Crippen molar-refractivity contribution in [3.8, 4) is 0 Å². The van der Waals surface area contributed by atoms with Gasteiger partial charge in [-0.05, 0) is 6.92 Å². The van der Waals surface area contributed by atoms with Gasteiger partial charge in [-0.25, -0.2) is 13.8 Å². The molecule has 102 valence electrons. The van der Waals surface area contributed by atoms with Gasteiger partial charge in [-0.2, -0.15) is 0 Å². The standard InChI is InChI=1S/C11H14F2N6/c1-3-19-6-16-18-9(19)5-15-11-8(13)4-7(12)10(14-2)17-11/h4,6H,3,5H2,1-2H3,(H2,14,15,17). The maximum Gasteiger partial charge on any atom is 0.168 e. The highest BCUT2D eigenvalue weighted by Gasteiger charge is 2.11. The Bertz CT molecular complexity index is 568. The smallest absolute Gasteiger partial charge is 0.168 e. The molecule has 2 rings (SSSR count). The molecule has 0 spiro atoms. The third-order valence-electron chi connectivity index (χ3n) is 2.62. The van der Waals surface area contributed by atoms with Gasteiger partial charge in [0, 0.05) is 19.7 Å². The lowest BCUT2D eigenvalue weighted by Crippen LogP contribution is -2.11. The van der Waals surface area contributed by atoms with E-state index in [9.17, 15) is 8.78 Å². The fourth-order valence-electron chi connectivity index (χ4n) is 1.61. The number of anilines is 2. The van der Waals surface area contributed by atoms with Gasteiger partial charge < -0.3 is 15.2 Å². The average molecular weight is 268 g/mol. The molecule has 2 heterocycles. The molecule has 0 aliphatic rings. The average Bonchev–Trinajstić information content (AvgIpc) is 2.85. The SMILES string of the molecule is CCn1cnnc1CNc1nc(NC)c(F)cc1F. The van der Waals surface area contributed by atoms with Crippen molar-refractivity contribution in [2.24, 2.45) is 0 Å². The summed E-state index contributed by atoms with van der Waals surface area (Å²) < 4.78 is 28.6. The van der Waals surface area contributed by atoms with E-state index in [4.69, 9.17) is 0 Å². The molecule has 2 aromatic rings. The second kappa shape index (κ2) is 5.59. The first-order valence-corrected chi connectivity index (χ1v) is 5.80. The molecular weight excluding hydrogens is 254 g/mol. The lowest BCUT2D eigenvalue weighted by molar-refractivity contribution is 0.578. The van der Waals surface area contributed by atoms with Gasteiger partial charge in [-0.15, -0.1) is 10.2 Å². The van der Waals surface area contributed by atoms with Crippen molar-refractivity contribution in [2.75, 3.05) is 17.7 Å². The molecule has 2 aromatic heterocycles. The van der Waals surface area contributed by atoms with E-state index in [1.807, 2.05) is 11.5 Å². The number of hydrogen-bond acceptors (Lipinski definition) is 5. The first-order valence-electron chi connectivity index (χ1n) is 5.80. The maximum atomic E-state index is 13.5. The van der Waals surface area contributed by atoms with Gasteiger partial charge in [0.15, 0.2) is 29.1 Å². The highest BCUT2D eigenvalue weighted by atomic mass is 19.1. The minimum Gasteiger partial charge on any atom is -0.371 e.